The minimum Gasteiger partial charge on any atom is -0.503 e. The molecule has 0 aliphatic rings. The third-order valence-electron chi connectivity index (χ3n) is 3.67. The summed E-state index contributed by atoms with van der Waals surface area (Å²) in [6, 6.07) is 8.99. The Hall–Kier alpha value is -2.54. The first-order chi connectivity index (χ1) is 12.4. The maximum absolute atomic E-state index is 11.9. The van der Waals surface area contributed by atoms with Gasteiger partial charge in [-0.15, -0.1) is 0 Å². The van der Waals surface area contributed by atoms with Gasteiger partial charge < -0.3 is 14.6 Å². The van der Waals surface area contributed by atoms with Gasteiger partial charge in [0.25, 0.3) is 5.91 Å². The zero-order chi connectivity index (χ0) is 19.1. The second-order valence-electron chi connectivity index (χ2n) is 5.56. The molecule has 0 saturated heterocycles. The number of phenolic OH excluding ortho intramolecular Hbond substituents is 1. The third-order valence-corrected chi connectivity index (χ3v) is 4.27. The number of carbonyl (C=O) groups is 1. The Morgan fingerprint density at radius 1 is 1.27 bits per heavy atom. The van der Waals surface area contributed by atoms with E-state index >= 15 is 0 Å². The van der Waals surface area contributed by atoms with Gasteiger partial charge in [0.1, 0.15) is 5.75 Å². The van der Waals surface area contributed by atoms with E-state index in [1.807, 2.05) is 39.0 Å². The van der Waals surface area contributed by atoms with Crippen molar-refractivity contribution < 1.29 is 19.4 Å². The molecule has 1 amide bonds. The summed E-state index contributed by atoms with van der Waals surface area (Å²) in [6.45, 7) is 6.04. The molecule has 0 heterocycles. The summed E-state index contributed by atoms with van der Waals surface area (Å²) >= 11 is 3.25. The first-order valence-electron chi connectivity index (χ1n) is 8.08. The number of amides is 1. The number of rotatable bonds is 7. The summed E-state index contributed by atoms with van der Waals surface area (Å²) in [4.78, 5) is 11.9. The van der Waals surface area contributed by atoms with Crippen LogP contribution in [0, 0.1) is 13.8 Å². The predicted molar refractivity (Wildman–Crippen MR) is 104 cm³/mol. The Balaban J connectivity index is 1.93. The molecule has 2 aromatic rings. The number of nitrogens with zero attached hydrogens (tertiary/aromatic N) is 1. The van der Waals surface area contributed by atoms with Crippen molar-refractivity contribution in [2.75, 3.05) is 13.2 Å². The molecule has 7 heteroatoms. The minimum atomic E-state index is -0.370. The molecular weight excluding hydrogens is 400 g/mol. The van der Waals surface area contributed by atoms with E-state index in [0.717, 1.165) is 11.1 Å². The molecule has 0 aromatic heterocycles. The fraction of sp³-hybridized carbons (Fsp3) is 0.263. The van der Waals surface area contributed by atoms with Gasteiger partial charge in [-0.05, 0) is 71.6 Å². The number of phenols is 1. The number of carbonyl (C=O) groups excluding carboxylic acids is 1. The summed E-state index contributed by atoms with van der Waals surface area (Å²) in [5.74, 6) is 0.667. The topological polar surface area (TPSA) is 80.2 Å². The minimum absolute atomic E-state index is 0.0231. The van der Waals surface area contributed by atoms with E-state index in [4.69, 9.17) is 9.47 Å². The number of nitrogens with one attached hydrogen (secondary N) is 1. The monoisotopic (exact) mass is 420 g/mol. The maximum Gasteiger partial charge on any atom is 0.277 e. The largest absolute Gasteiger partial charge is 0.503 e. The zero-order valence-corrected chi connectivity index (χ0v) is 16.5. The molecule has 2 N–H and O–H groups in total. The summed E-state index contributed by atoms with van der Waals surface area (Å²) in [5.41, 5.74) is 5.17. The number of hydrogen-bond donors (Lipinski definition) is 2. The van der Waals surface area contributed by atoms with E-state index in [9.17, 15) is 9.90 Å². The molecule has 0 aliphatic carbocycles. The van der Waals surface area contributed by atoms with E-state index in [1.54, 1.807) is 12.1 Å². The molecule has 0 atom stereocenters. The molecule has 0 saturated carbocycles. The van der Waals surface area contributed by atoms with Crippen molar-refractivity contribution in [3.05, 3.63) is 51.5 Å². The highest BCUT2D eigenvalue weighted by Crippen LogP contribution is 2.35. The molecule has 138 valence electrons. The number of benzene rings is 2. The highest BCUT2D eigenvalue weighted by Gasteiger charge is 2.09. The second-order valence-corrected chi connectivity index (χ2v) is 6.42. The van der Waals surface area contributed by atoms with Gasteiger partial charge >= 0.3 is 0 Å². The highest BCUT2D eigenvalue weighted by molar-refractivity contribution is 9.10. The Bertz CT molecular complexity index is 821. The lowest BCUT2D eigenvalue weighted by atomic mass is 10.1. The average Bonchev–Trinajstić information content (AvgIpc) is 2.60. The summed E-state index contributed by atoms with van der Waals surface area (Å²) in [5, 5.41) is 13.8. The first-order valence-corrected chi connectivity index (χ1v) is 8.88. The van der Waals surface area contributed by atoms with Crippen molar-refractivity contribution in [3.8, 4) is 17.2 Å². The van der Waals surface area contributed by atoms with Crippen molar-refractivity contribution in [1.82, 2.24) is 5.43 Å². The summed E-state index contributed by atoms with van der Waals surface area (Å²) in [7, 11) is 0. The lowest BCUT2D eigenvalue weighted by Gasteiger charge is -2.10. The third kappa shape index (κ3) is 5.23. The van der Waals surface area contributed by atoms with Gasteiger partial charge in [-0.25, -0.2) is 5.43 Å². The molecule has 0 fully saturated rings. The van der Waals surface area contributed by atoms with Crippen LogP contribution in [0.2, 0.25) is 0 Å². The Kier molecular flexibility index (Phi) is 7.03. The van der Waals surface area contributed by atoms with Crippen LogP contribution in [0.15, 0.2) is 39.9 Å². The molecule has 2 aromatic carbocycles. The van der Waals surface area contributed by atoms with Crippen LogP contribution in [0.25, 0.3) is 0 Å². The quantitative estimate of drug-likeness (QED) is 0.528. The standard InChI is InChI=1S/C19H21BrN2O4/c1-4-25-17-9-14(8-15(20)19(17)24)10-21-22-18(23)11-26-16-7-5-6-12(2)13(16)3/h5-10,24H,4,11H2,1-3H3,(H,22,23)/b21-10-. The predicted octanol–water partition coefficient (Wildman–Crippen LogP) is 3.70. The molecule has 6 nitrogen and oxygen atoms in total. The molecule has 0 spiro atoms. The maximum atomic E-state index is 11.9. The molecule has 2 rings (SSSR count). The van der Waals surface area contributed by atoms with E-state index in [2.05, 4.69) is 26.5 Å². The van der Waals surface area contributed by atoms with E-state index in [1.165, 1.54) is 6.21 Å². The summed E-state index contributed by atoms with van der Waals surface area (Å²) < 4.78 is 11.3. The lowest BCUT2D eigenvalue weighted by molar-refractivity contribution is -0.123. The van der Waals surface area contributed by atoms with Crippen LogP contribution in [0.1, 0.15) is 23.6 Å². The smallest absolute Gasteiger partial charge is 0.277 e. The van der Waals surface area contributed by atoms with Crippen molar-refractivity contribution in [2.45, 2.75) is 20.8 Å². The molecular formula is C19H21BrN2O4. The average molecular weight is 421 g/mol. The molecule has 0 bridgehead atoms. The van der Waals surface area contributed by atoms with Crippen molar-refractivity contribution in [3.63, 3.8) is 0 Å². The number of aromatic hydroxyl groups is 1. The lowest BCUT2D eigenvalue weighted by Crippen LogP contribution is -2.24. The van der Waals surface area contributed by atoms with Gasteiger partial charge in [-0.3, -0.25) is 4.79 Å². The number of hydrogen-bond acceptors (Lipinski definition) is 5. The highest BCUT2D eigenvalue weighted by atomic mass is 79.9. The fourth-order valence-corrected chi connectivity index (χ4v) is 2.63. The van der Waals surface area contributed by atoms with Gasteiger partial charge in [-0.1, -0.05) is 12.1 Å². The van der Waals surface area contributed by atoms with Crippen molar-refractivity contribution in [2.24, 2.45) is 5.10 Å². The number of aryl methyl sites for hydroxylation is 1. The SMILES string of the molecule is CCOc1cc(/C=N\NC(=O)COc2cccc(C)c2C)cc(Br)c1O. The van der Waals surface area contributed by atoms with Gasteiger partial charge in [0.15, 0.2) is 18.1 Å². The van der Waals surface area contributed by atoms with Gasteiger partial charge in [0.2, 0.25) is 0 Å². The van der Waals surface area contributed by atoms with Crippen LogP contribution in [0.4, 0.5) is 0 Å². The molecule has 26 heavy (non-hydrogen) atoms. The first kappa shape index (κ1) is 19.8. The zero-order valence-electron chi connectivity index (χ0n) is 14.9. The Morgan fingerprint density at radius 3 is 2.77 bits per heavy atom. The van der Waals surface area contributed by atoms with E-state index in [-0.39, 0.29) is 18.3 Å². The van der Waals surface area contributed by atoms with Crippen molar-refractivity contribution in [1.29, 1.82) is 0 Å². The van der Waals surface area contributed by atoms with Crippen LogP contribution in [-0.4, -0.2) is 30.4 Å². The van der Waals surface area contributed by atoms with Gasteiger partial charge in [0, 0.05) is 0 Å². The van der Waals surface area contributed by atoms with E-state index < -0.39 is 0 Å². The Morgan fingerprint density at radius 2 is 2.04 bits per heavy atom. The normalized spacial score (nSPS) is 10.8. The van der Waals surface area contributed by atoms with Crippen LogP contribution in [0.3, 0.4) is 0 Å². The number of halogens is 1. The van der Waals surface area contributed by atoms with E-state index in [0.29, 0.717) is 28.1 Å². The van der Waals surface area contributed by atoms with Gasteiger partial charge in [0.05, 0.1) is 17.3 Å². The van der Waals surface area contributed by atoms with Crippen molar-refractivity contribution >= 4 is 28.1 Å². The van der Waals surface area contributed by atoms with Crippen LogP contribution < -0.4 is 14.9 Å². The van der Waals surface area contributed by atoms with Crippen LogP contribution in [0.5, 0.6) is 17.2 Å². The van der Waals surface area contributed by atoms with Gasteiger partial charge in [-0.2, -0.15) is 5.10 Å². The second kappa shape index (κ2) is 9.24. The number of hydrazone groups is 1. The molecule has 0 radical (unpaired) electrons. The number of ether oxygens (including phenoxy) is 2. The molecule has 0 unspecified atom stereocenters. The Labute approximate surface area is 161 Å². The van der Waals surface area contributed by atoms with Crippen LogP contribution in [-0.2, 0) is 4.79 Å². The molecule has 0 aliphatic heterocycles. The van der Waals surface area contributed by atoms with Crippen LogP contribution >= 0.6 is 15.9 Å². The summed E-state index contributed by atoms with van der Waals surface area (Å²) in [6.07, 6.45) is 1.46. The fourth-order valence-electron chi connectivity index (χ4n) is 2.17.